The zero-order chi connectivity index (χ0) is 68.8. The number of nitrogens with two attached hydrogens (primary N) is 8. The molecule has 0 aliphatic carbocycles. The van der Waals surface area contributed by atoms with Gasteiger partial charge in [-0.15, -0.1) is 0 Å². The smallest absolute Gasteiger partial charge is 0.326 e. The predicted octanol–water partition coefficient (Wildman–Crippen LogP) is -6.23. The van der Waals surface area contributed by atoms with E-state index >= 15 is 0 Å². The van der Waals surface area contributed by atoms with Gasteiger partial charge in [-0.1, -0.05) is 26.0 Å². The lowest BCUT2D eigenvalue weighted by Gasteiger charge is -2.28. The van der Waals surface area contributed by atoms with E-state index < -0.39 is 176 Å². The standard InChI is InChI=1S/C55H93N19O16S/c1-29(2)26-39(51(87)68-33(10-7-24-65-55(62)63)46(82)72-38(53(89)90)8-4-5-22-56)73-48(84)35(16-19-42(59)77)69-45(81)32(9-6-23-64-54(60)61)67-47(83)34(15-18-41(58)76)71-52(88)40(27-30-11-13-31(75)14-12-30)74-49(85)36(17-20-44(79)80)70-50(86)37(21-25-91-3)66-43(78)28-57/h11-14,29,32-40,75H,4-10,15-28,56-57H2,1-3H3,(H2,58,76)(H2,59,77)(H,66,78)(H,67,83)(H,68,87)(H,69,81)(H,70,86)(H,71,88)(H,72,82)(H,73,84)(H,74,85)(H,79,80)(H,89,90)(H4,60,61,64)(H4,62,63,65)/t32-,33-,34-,35-,36-,37-,38-,39-,40-/m0/s1. The number of amides is 11. The topological polar surface area (TPSA) is 624 Å². The van der Waals surface area contributed by atoms with Gasteiger partial charge >= 0.3 is 11.9 Å². The summed E-state index contributed by atoms with van der Waals surface area (Å²) < 4.78 is 0. The minimum absolute atomic E-state index is 0.0123. The van der Waals surface area contributed by atoms with Crippen molar-refractivity contribution in [3.8, 4) is 5.75 Å². The summed E-state index contributed by atoms with van der Waals surface area (Å²) in [4.78, 5) is 182. The lowest BCUT2D eigenvalue weighted by Crippen LogP contribution is -2.61. The second-order valence-corrected chi connectivity index (χ2v) is 22.5. The number of carbonyl (C=O) groups is 13. The van der Waals surface area contributed by atoms with Crippen LogP contribution in [0.4, 0.5) is 0 Å². The number of carbonyl (C=O) groups excluding carboxylic acids is 11. The number of aromatic hydroxyl groups is 1. The Morgan fingerprint density at radius 3 is 1.20 bits per heavy atom. The van der Waals surface area contributed by atoms with Gasteiger partial charge in [0.1, 0.15) is 60.1 Å². The number of aliphatic imine (C=N–C) groups is 2. The van der Waals surface area contributed by atoms with Crippen molar-refractivity contribution in [3.63, 3.8) is 0 Å². The minimum atomic E-state index is -1.76. The molecule has 0 saturated heterocycles. The molecule has 0 unspecified atom stereocenters. The van der Waals surface area contributed by atoms with Crippen LogP contribution in [-0.4, -0.2) is 197 Å². The molecule has 0 aliphatic rings. The van der Waals surface area contributed by atoms with Crippen molar-refractivity contribution in [3.05, 3.63) is 29.8 Å². The second-order valence-electron chi connectivity index (χ2n) is 21.6. The van der Waals surface area contributed by atoms with Crippen LogP contribution >= 0.6 is 11.8 Å². The third-order valence-corrected chi connectivity index (χ3v) is 14.1. The molecule has 510 valence electrons. The van der Waals surface area contributed by atoms with Crippen molar-refractivity contribution in [1.82, 2.24) is 47.9 Å². The molecule has 0 heterocycles. The molecule has 0 saturated carbocycles. The van der Waals surface area contributed by atoms with E-state index in [9.17, 15) is 77.6 Å². The van der Waals surface area contributed by atoms with Gasteiger partial charge in [0.15, 0.2) is 11.9 Å². The molecule has 91 heavy (non-hydrogen) atoms. The van der Waals surface area contributed by atoms with E-state index in [2.05, 4.69) is 57.8 Å². The van der Waals surface area contributed by atoms with E-state index in [0.29, 0.717) is 24.2 Å². The van der Waals surface area contributed by atoms with E-state index in [4.69, 9.17) is 45.9 Å². The van der Waals surface area contributed by atoms with Crippen molar-refractivity contribution in [2.24, 2.45) is 61.8 Å². The van der Waals surface area contributed by atoms with Gasteiger partial charge in [-0.2, -0.15) is 11.8 Å². The second kappa shape index (κ2) is 43.6. The molecule has 0 aliphatic heterocycles. The Kier molecular flexibility index (Phi) is 38.3. The number of nitrogens with one attached hydrogen (secondary N) is 9. The number of unbranched alkanes of at least 4 members (excludes halogenated alkanes) is 1. The highest BCUT2D eigenvalue weighted by Gasteiger charge is 2.36. The summed E-state index contributed by atoms with van der Waals surface area (Å²) in [5.74, 6) is -14.1. The van der Waals surface area contributed by atoms with E-state index in [1.54, 1.807) is 20.1 Å². The summed E-state index contributed by atoms with van der Waals surface area (Å²) in [5, 5.41) is 51.9. The molecule has 9 atom stereocenters. The Labute approximate surface area is 530 Å². The third kappa shape index (κ3) is 34.5. The first-order chi connectivity index (χ1) is 42.9. The fourth-order valence-electron chi connectivity index (χ4n) is 8.66. The maximum atomic E-state index is 14.5. The lowest BCUT2D eigenvalue weighted by molar-refractivity contribution is -0.142. The Morgan fingerprint density at radius 2 is 0.824 bits per heavy atom. The summed E-state index contributed by atoms with van der Waals surface area (Å²) in [6.45, 7) is 3.10. The van der Waals surface area contributed by atoms with E-state index in [-0.39, 0.29) is 94.6 Å². The van der Waals surface area contributed by atoms with Gasteiger partial charge in [0, 0.05) is 38.8 Å². The van der Waals surface area contributed by atoms with Crippen molar-refractivity contribution < 1.29 is 77.6 Å². The van der Waals surface area contributed by atoms with Crippen molar-refractivity contribution in [2.45, 2.75) is 171 Å². The number of carboxylic acids is 2. The number of nitrogens with zero attached hydrogens (tertiary/aromatic N) is 2. The van der Waals surface area contributed by atoms with E-state index in [0.717, 1.165) is 0 Å². The van der Waals surface area contributed by atoms with Crippen LogP contribution < -0.4 is 93.7 Å². The number of aliphatic carboxylic acids is 2. The van der Waals surface area contributed by atoms with Gasteiger partial charge in [0.05, 0.1) is 6.54 Å². The number of guanidine groups is 2. The Morgan fingerprint density at radius 1 is 0.462 bits per heavy atom. The molecular weight excluding hydrogens is 1210 g/mol. The van der Waals surface area contributed by atoms with Crippen molar-refractivity contribution in [1.29, 1.82) is 0 Å². The summed E-state index contributed by atoms with van der Waals surface area (Å²) in [6.07, 6.45) is -1.41. The average Bonchev–Trinajstić information content (AvgIpc) is 2.12. The number of phenolic OH excluding ortho intramolecular Hbond substituents is 1. The highest BCUT2D eigenvalue weighted by Crippen LogP contribution is 2.15. The van der Waals surface area contributed by atoms with Crippen LogP contribution in [0.25, 0.3) is 0 Å². The fourth-order valence-corrected chi connectivity index (χ4v) is 9.13. The number of rotatable bonds is 47. The molecule has 0 fully saturated rings. The fraction of sp³-hybridized carbons (Fsp3) is 0.618. The number of phenols is 1. The normalized spacial score (nSPS) is 13.9. The van der Waals surface area contributed by atoms with Crippen LogP contribution in [0, 0.1) is 5.92 Å². The minimum Gasteiger partial charge on any atom is -0.508 e. The lowest BCUT2D eigenvalue weighted by atomic mass is 10.0. The molecule has 0 radical (unpaired) electrons. The first-order valence-electron chi connectivity index (χ1n) is 29.4. The number of hydrogen-bond donors (Lipinski definition) is 20. The molecular formula is C55H93N19O16S. The number of primary amides is 2. The monoisotopic (exact) mass is 1310 g/mol. The van der Waals surface area contributed by atoms with E-state index in [1.807, 2.05) is 0 Å². The van der Waals surface area contributed by atoms with Gasteiger partial charge in [0.25, 0.3) is 0 Å². The Bertz CT molecular complexity index is 2660. The molecule has 28 N–H and O–H groups in total. The molecule has 11 amide bonds. The van der Waals surface area contributed by atoms with Gasteiger partial charge in [0.2, 0.25) is 65.0 Å². The molecule has 36 heteroatoms. The maximum Gasteiger partial charge on any atom is 0.326 e. The van der Waals surface area contributed by atoms with Crippen LogP contribution in [-0.2, 0) is 68.7 Å². The Balaban J connectivity index is 3.84. The summed E-state index contributed by atoms with van der Waals surface area (Å²) in [7, 11) is 0. The van der Waals surface area contributed by atoms with E-state index in [1.165, 1.54) is 36.0 Å². The average molecular weight is 1310 g/mol. The first kappa shape index (κ1) is 80.0. The summed E-state index contributed by atoms with van der Waals surface area (Å²) in [6, 6.07) is -8.53. The zero-order valence-electron chi connectivity index (χ0n) is 51.5. The number of thioether (sulfide) groups is 1. The van der Waals surface area contributed by atoms with Gasteiger partial charge in [-0.25, -0.2) is 4.79 Å². The molecule has 0 spiro atoms. The van der Waals surface area contributed by atoms with Crippen LogP contribution in [0.3, 0.4) is 0 Å². The van der Waals surface area contributed by atoms with Crippen molar-refractivity contribution in [2.75, 3.05) is 38.2 Å². The van der Waals surface area contributed by atoms with Gasteiger partial charge in [-0.05, 0) is 119 Å². The third-order valence-electron chi connectivity index (χ3n) is 13.4. The van der Waals surface area contributed by atoms with Gasteiger partial charge < -0.3 is 109 Å². The maximum absolute atomic E-state index is 14.5. The SMILES string of the molecule is CSCC[C@H](NC(=O)CN)C(=O)N[C@@H](CCC(=O)O)C(=O)N[C@@H](Cc1ccc(O)cc1)C(=O)N[C@@H](CCC(N)=O)C(=O)N[C@@H](CCCN=C(N)N)C(=O)N[C@@H](CCC(N)=O)C(=O)N[C@@H](CC(C)C)C(=O)N[C@@H](CCCN=C(N)N)C(=O)N[C@@H](CCCCN)C(=O)O. The van der Waals surface area contributed by atoms with Crippen LogP contribution in [0.15, 0.2) is 34.3 Å². The summed E-state index contributed by atoms with van der Waals surface area (Å²) >= 11 is 1.34. The summed E-state index contributed by atoms with van der Waals surface area (Å²) in [5.41, 5.74) is 44.3. The number of carboxylic acid groups (broad SMARTS) is 2. The highest BCUT2D eigenvalue weighted by atomic mass is 32.2. The molecule has 1 rings (SSSR count). The zero-order valence-corrected chi connectivity index (χ0v) is 52.3. The molecule has 0 aromatic heterocycles. The molecule has 35 nitrogen and oxygen atoms in total. The first-order valence-corrected chi connectivity index (χ1v) is 30.8. The highest BCUT2D eigenvalue weighted by molar-refractivity contribution is 7.98. The number of hydrogen-bond acceptors (Lipinski definition) is 19. The van der Waals surface area contributed by atoms with Crippen LogP contribution in [0.1, 0.15) is 116 Å². The largest absolute Gasteiger partial charge is 0.508 e. The predicted molar refractivity (Wildman–Crippen MR) is 335 cm³/mol. The van der Waals surface area contributed by atoms with Crippen molar-refractivity contribution >= 4 is 101 Å². The van der Waals surface area contributed by atoms with Crippen LogP contribution in [0.5, 0.6) is 5.75 Å². The molecule has 1 aromatic carbocycles. The van der Waals surface area contributed by atoms with Gasteiger partial charge in [-0.3, -0.25) is 67.5 Å². The molecule has 0 bridgehead atoms. The quantitative estimate of drug-likeness (QED) is 0.0164. The Hall–Kier alpha value is -9.06. The molecule has 1 aromatic rings. The van der Waals surface area contributed by atoms with Crippen LogP contribution in [0.2, 0.25) is 0 Å². The number of benzene rings is 1.